The monoisotopic (exact) mass is 541 g/mol. The van der Waals surface area contributed by atoms with Crippen LogP contribution in [0.3, 0.4) is 0 Å². The minimum Gasteiger partial charge on any atom is -0.480 e. The van der Waals surface area contributed by atoms with Crippen molar-refractivity contribution in [2.24, 2.45) is 0 Å². The molecule has 0 aromatic heterocycles. The molecule has 3 aromatic rings. The zero-order chi connectivity index (χ0) is 28.1. The van der Waals surface area contributed by atoms with Crippen LogP contribution < -0.4 is 10.2 Å². The first kappa shape index (κ1) is 27.4. The summed E-state index contributed by atoms with van der Waals surface area (Å²) in [7, 11) is 0. The molecular formula is C32H35N3O5. The summed E-state index contributed by atoms with van der Waals surface area (Å²) < 4.78 is 5.93. The summed E-state index contributed by atoms with van der Waals surface area (Å²) in [4.78, 5) is 41.6. The molecule has 8 nitrogen and oxygen atoms in total. The molecule has 1 fully saturated rings. The van der Waals surface area contributed by atoms with Gasteiger partial charge in [-0.1, -0.05) is 54.6 Å². The van der Waals surface area contributed by atoms with Crippen LogP contribution in [-0.2, 0) is 29.1 Å². The molecule has 0 radical (unpaired) electrons. The van der Waals surface area contributed by atoms with E-state index >= 15 is 0 Å². The van der Waals surface area contributed by atoms with Crippen molar-refractivity contribution in [3.63, 3.8) is 0 Å². The predicted octanol–water partition coefficient (Wildman–Crippen LogP) is 4.93. The Balaban J connectivity index is 1.21. The van der Waals surface area contributed by atoms with Gasteiger partial charge >= 0.3 is 12.0 Å². The third-order valence-electron chi connectivity index (χ3n) is 7.76. The third kappa shape index (κ3) is 6.18. The molecule has 40 heavy (non-hydrogen) atoms. The third-order valence-corrected chi connectivity index (χ3v) is 7.76. The van der Waals surface area contributed by atoms with Gasteiger partial charge in [-0.2, -0.15) is 0 Å². The topological polar surface area (TPSA) is 99.2 Å². The number of aryl methyl sites for hydroxylation is 2. The van der Waals surface area contributed by atoms with Crippen LogP contribution in [-0.4, -0.2) is 53.1 Å². The van der Waals surface area contributed by atoms with Gasteiger partial charge in [-0.3, -0.25) is 4.79 Å². The Labute approximate surface area is 234 Å². The number of aliphatic carboxylic acids is 1. The molecule has 1 saturated heterocycles. The van der Waals surface area contributed by atoms with E-state index in [0.717, 1.165) is 41.6 Å². The van der Waals surface area contributed by atoms with Crippen molar-refractivity contribution >= 4 is 23.6 Å². The molecule has 3 amide bonds. The van der Waals surface area contributed by atoms with Crippen LogP contribution in [0.15, 0.2) is 72.8 Å². The number of fused-ring (bicyclic) bond motifs is 1. The lowest BCUT2D eigenvalue weighted by Gasteiger charge is -2.24. The van der Waals surface area contributed by atoms with Crippen LogP contribution >= 0.6 is 0 Å². The Morgan fingerprint density at radius 1 is 1.00 bits per heavy atom. The lowest BCUT2D eigenvalue weighted by molar-refractivity contribution is -0.141. The Morgan fingerprint density at radius 3 is 2.55 bits per heavy atom. The van der Waals surface area contributed by atoms with Crippen LogP contribution in [0.1, 0.15) is 51.9 Å². The minimum absolute atomic E-state index is 0.0315. The number of carbonyl (C=O) groups excluding carboxylic acids is 2. The fourth-order valence-corrected chi connectivity index (χ4v) is 5.52. The number of likely N-dealkylation sites (tertiary alicyclic amines) is 1. The van der Waals surface area contributed by atoms with Gasteiger partial charge in [0.25, 0.3) is 5.91 Å². The number of benzene rings is 3. The highest BCUT2D eigenvalue weighted by molar-refractivity contribution is 6.06. The summed E-state index contributed by atoms with van der Waals surface area (Å²) in [5, 5.41) is 12.6. The van der Waals surface area contributed by atoms with Gasteiger partial charge in [0.1, 0.15) is 6.04 Å². The van der Waals surface area contributed by atoms with Gasteiger partial charge in [0.05, 0.1) is 12.7 Å². The largest absolute Gasteiger partial charge is 0.480 e. The number of carbonyl (C=O) groups is 3. The second kappa shape index (κ2) is 12.3. The van der Waals surface area contributed by atoms with Crippen molar-refractivity contribution in [1.29, 1.82) is 0 Å². The SMILES string of the molecule is Cc1cc(C(=O)N2CCCCc3ccccc32)ccc1CNC(=O)N1C[C@H](OCc2ccccc2)C[C@H]1C(=O)O. The smallest absolute Gasteiger partial charge is 0.326 e. The van der Waals surface area contributed by atoms with E-state index < -0.39 is 18.0 Å². The lowest BCUT2D eigenvalue weighted by Crippen LogP contribution is -2.46. The Kier molecular flexibility index (Phi) is 8.45. The number of urea groups is 1. The zero-order valence-electron chi connectivity index (χ0n) is 22.7. The molecule has 2 aliphatic rings. The van der Waals surface area contributed by atoms with Crippen molar-refractivity contribution in [1.82, 2.24) is 10.2 Å². The average molecular weight is 542 g/mol. The number of nitrogens with zero attached hydrogens (tertiary/aromatic N) is 2. The highest BCUT2D eigenvalue weighted by Gasteiger charge is 2.40. The summed E-state index contributed by atoms with van der Waals surface area (Å²) in [5.41, 5.74) is 5.52. The van der Waals surface area contributed by atoms with Gasteiger partial charge in [-0.05, 0) is 66.6 Å². The lowest BCUT2D eigenvalue weighted by atomic mass is 10.0. The minimum atomic E-state index is -1.05. The summed E-state index contributed by atoms with van der Waals surface area (Å²) in [6, 6.07) is 21.9. The fraction of sp³-hybridized carbons (Fsp3) is 0.344. The van der Waals surface area contributed by atoms with E-state index in [-0.39, 0.29) is 31.5 Å². The molecule has 2 aliphatic heterocycles. The highest BCUT2D eigenvalue weighted by Crippen LogP contribution is 2.28. The Bertz CT molecular complexity index is 1380. The van der Waals surface area contributed by atoms with E-state index in [4.69, 9.17) is 4.74 Å². The molecule has 0 bridgehead atoms. The van der Waals surface area contributed by atoms with E-state index in [1.807, 2.05) is 72.5 Å². The van der Waals surface area contributed by atoms with Gasteiger partial charge < -0.3 is 25.0 Å². The number of rotatable bonds is 7. The van der Waals surface area contributed by atoms with Crippen molar-refractivity contribution in [2.75, 3.05) is 18.0 Å². The summed E-state index contributed by atoms with van der Waals surface area (Å²) in [6.45, 7) is 3.39. The first-order chi connectivity index (χ1) is 19.4. The second-order valence-electron chi connectivity index (χ2n) is 10.5. The number of ether oxygens (including phenoxy) is 1. The molecule has 5 rings (SSSR count). The maximum Gasteiger partial charge on any atom is 0.326 e. The fourth-order valence-electron chi connectivity index (χ4n) is 5.52. The van der Waals surface area contributed by atoms with Crippen LogP contribution in [0.25, 0.3) is 0 Å². The molecule has 0 aliphatic carbocycles. The van der Waals surface area contributed by atoms with Crippen LogP contribution in [0.5, 0.6) is 0 Å². The van der Waals surface area contributed by atoms with E-state index in [0.29, 0.717) is 18.7 Å². The second-order valence-corrected chi connectivity index (χ2v) is 10.5. The molecule has 2 N–H and O–H groups in total. The van der Waals surface area contributed by atoms with Crippen molar-refractivity contribution in [3.05, 3.63) is 101 Å². The normalized spacial score (nSPS) is 18.6. The first-order valence-corrected chi connectivity index (χ1v) is 13.8. The van der Waals surface area contributed by atoms with Gasteiger partial charge in [0, 0.05) is 37.3 Å². The number of carboxylic acid groups (broad SMARTS) is 1. The van der Waals surface area contributed by atoms with Gasteiger partial charge in [-0.25, -0.2) is 9.59 Å². The molecular weight excluding hydrogens is 506 g/mol. The maximum atomic E-state index is 13.5. The number of nitrogens with one attached hydrogen (secondary N) is 1. The van der Waals surface area contributed by atoms with E-state index in [1.165, 1.54) is 10.5 Å². The maximum absolute atomic E-state index is 13.5. The molecule has 208 valence electrons. The van der Waals surface area contributed by atoms with Crippen molar-refractivity contribution in [3.8, 4) is 0 Å². The molecule has 8 heteroatoms. The van der Waals surface area contributed by atoms with Crippen LogP contribution in [0, 0.1) is 6.92 Å². The van der Waals surface area contributed by atoms with Crippen LogP contribution in [0.2, 0.25) is 0 Å². The Morgan fingerprint density at radius 2 is 1.77 bits per heavy atom. The standard InChI is InChI=1S/C32H35N3O5/c1-22-17-25(30(36)34-16-8-7-12-24-11-5-6-13-28(24)34)14-15-26(22)19-33-32(39)35-20-27(18-29(35)31(37)38)40-21-23-9-3-2-4-10-23/h2-6,9-11,13-15,17,27,29H,7-8,12,16,18-21H2,1H3,(H,33,39)(H,37,38)/t27-,29+/m1/s1. The predicted molar refractivity (Wildman–Crippen MR) is 152 cm³/mol. The number of hydrogen-bond acceptors (Lipinski definition) is 4. The molecule has 0 spiro atoms. The molecule has 2 heterocycles. The number of anilines is 1. The highest BCUT2D eigenvalue weighted by atomic mass is 16.5. The number of amides is 3. The van der Waals surface area contributed by atoms with Crippen molar-refractivity contribution < 1.29 is 24.2 Å². The van der Waals surface area contributed by atoms with Crippen molar-refractivity contribution in [2.45, 2.75) is 57.9 Å². The summed E-state index contributed by atoms with van der Waals surface area (Å²) in [6.07, 6.45) is 2.86. The van der Waals surface area contributed by atoms with Gasteiger partial charge in [0.2, 0.25) is 0 Å². The van der Waals surface area contributed by atoms with Crippen LogP contribution in [0.4, 0.5) is 10.5 Å². The van der Waals surface area contributed by atoms with E-state index in [1.54, 1.807) is 6.07 Å². The Hall–Kier alpha value is -4.17. The molecule has 3 aromatic carbocycles. The van der Waals surface area contributed by atoms with E-state index in [9.17, 15) is 19.5 Å². The first-order valence-electron chi connectivity index (χ1n) is 13.8. The summed E-state index contributed by atoms with van der Waals surface area (Å²) in [5.74, 6) is -1.08. The summed E-state index contributed by atoms with van der Waals surface area (Å²) >= 11 is 0. The molecule has 0 unspecified atom stereocenters. The zero-order valence-corrected chi connectivity index (χ0v) is 22.7. The van der Waals surface area contributed by atoms with Gasteiger partial charge in [0.15, 0.2) is 0 Å². The van der Waals surface area contributed by atoms with Gasteiger partial charge in [-0.15, -0.1) is 0 Å². The number of hydrogen-bond donors (Lipinski definition) is 2. The molecule has 2 atom stereocenters. The number of carboxylic acids is 1. The number of para-hydroxylation sites is 1. The molecule has 0 saturated carbocycles. The van der Waals surface area contributed by atoms with E-state index in [2.05, 4.69) is 11.4 Å². The quantitative estimate of drug-likeness (QED) is 0.442. The average Bonchev–Trinajstić information content (AvgIpc) is 3.29.